The largest absolute Gasteiger partial charge is 0.416 e. The van der Waals surface area contributed by atoms with Gasteiger partial charge in [-0.1, -0.05) is 12.1 Å². The second kappa shape index (κ2) is 8.83. The Morgan fingerprint density at radius 1 is 1.03 bits per heavy atom. The van der Waals surface area contributed by atoms with E-state index in [2.05, 4.69) is 4.90 Å². The monoisotopic (exact) mass is 457 g/mol. The number of rotatable bonds is 5. The van der Waals surface area contributed by atoms with Crippen molar-refractivity contribution in [3.8, 4) is 0 Å². The fourth-order valence-corrected chi connectivity index (χ4v) is 4.22. The van der Waals surface area contributed by atoms with Gasteiger partial charge in [0.15, 0.2) is 9.84 Å². The van der Waals surface area contributed by atoms with Crippen molar-refractivity contribution in [3.63, 3.8) is 0 Å². The van der Waals surface area contributed by atoms with Crippen LogP contribution in [0, 0.1) is 10.1 Å². The molecule has 7 nitrogen and oxygen atoms in total. The Morgan fingerprint density at radius 2 is 1.71 bits per heavy atom. The van der Waals surface area contributed by atoms with Crippen LogP contribution in [-0.2, 0) is 22.6 Å². The number of halogens is 3. The Hall–Kier alpha value is -2.66. The minimum atomic E-state index is -4.37. The average Bonchev–Trinajstić information content (AvgIpc) is 2.92. The molecule has 2 aromatic rings. The Labute approximate surface area is 178 Å². The van der Waals surface area contributed by atoms with Crippen LogP contribution in [0.5, 0.6) is 0 Å². The van der Waals surface area contributed by atoms with Gasteiger partial charge >= 0.3 is 6.18 Å². The molecule has 1 heterocycles. The molecule has 0 N–H and O–H groups in total. The number of anilines is 1. The molecule has 0 bridgehead atoms. The Balaban J connectivity index is 1.72. The third-order valence-electron chi connectivity index (χ3n) is 5.19. The molecule has 3 rings (SSSR count). The third-order valence-corrected chi connectivity index (χ3v) is 6.30. The Kier molecular flexibility index (Phi) is 6.56. The van der Waals surface area contributed by atoms with E-state index in [1.54, 1.807) is 0 Å². The van der Waals surface area contributed by atoms with Gasteiger partial charge in [-0.15, -0.1) is 0 Å². The minimum absolute atomic E-state index is 0.110. The summed E-state index contributed by atoms with van der Waals surface area (Å²) in [7, 11) is -3.57. The third kappa shape index (κ3) is 5.73. The molecule has 1 aliphatic rings. The molecule has 0 radical (unpaired) electrons. The summed E-state index contributed by atoms with van der Waals surface area (Å²) >= 11 is 0. The molecule has 0 spiro atoms. The van der Waals surface area contributed by atoms with Gasteiger partial charge in [0, 0.05) is 45.0 Å². The highest BCUT2D eigenvalue weighted by Crippen LogP contribution is 2.32. The highest BCUT2D eigenvalue weighted by Gasteiger charge is 2.30. The maximum absolute atomic E-state index is 12.7. The van der Waals surface area contributed by atoms with Gasteiger partial charge in [-0.3, -0.25) is 15.0 Å². The van der Waals surface area contributed by atoms with Gasteiger partial charge < -0.3 is 4.90 Å². The molecule has 1 aliphatic heterocycles. The van der Waals surface area contributed by atoms with Crippen molar-refractivity contribution in [1.82, 2.24) is 4.90 Å². The second-order valence-corrected chi connectivity index (χ2v) is 9.51. The number of sulfone groups is 1. The number of nitro groups is 1. The fourth-order valence-electron chi connectivity index (χ4n) is 3.57. The quantitative estimate of drug-likeness (QED) is 0.503. The normalized spacial score (nSPS) is 16.2. The number of hydrogen-bond acceptors (Lipinski definition) is 6. The predicted octanol–water partition coefficient (Wildman–Crippen LogP) is 3.73. The van der Waals surface area contributed by atoms with E-state index in [1.807, 2.05) is 4.90 Å². The molecule has 168 valence electrons. The molecule has 1 saturated heterocycles. The number of benzene rings is 2. The van der Waals surface area contributed by atoms with Crippen molar-refractivity contribution in [3.05, 3.63) is 63.7 Å². The summed E-state index contributed by atoms with van der Waals surface area (Å²) in [5.74, 6) is 0. The van der Waals surface area contributed by atoms with Crippen molar-refractivity contribution in [1.29, 1.82) is 0 Å². The molecule has 1 fully saturated rings. The molecule has 0 amide bonds. The van der Waals surface area contributed by atoms with E-state index in [9.17, 15) is 31.7 Å². The summed E-state index contributed by atoms with van der Waals surface area (Å²) in [6.07, 6.45) is -2.68. The van der Waals surface area contributed by atoms with Gasteiger partial charge in [-0.2, -0.15) is 13.2 Å². The van der Waals surface area contributed by atoms with Crippen molar-refractivity contribution < 1.29 is 26.5 Å². The summed E-state index contributed by atoms with van der Waals surface area (Å²) in [6.45, 7) is 2.74. The van der Waals surface area contributed by atoms with Gasteiger partial charge in [-0.05, 0) is 36.2 Å². The smallest absolute Gasteiger partial charge is 0.365 e. The van der Waals surface area contributed by atoms with Crippen LogP contribution in [0.25, 0.3) is 0 Å². The SMILES string of the molecule is CS(=O)(=O)c1ccc(N2CCCN(Cc3ccc(C(F)(F)F)cc3)CC2)c([N+](=O)[O-])c1. The Morgan fingerprint density at radius 3 is 2.29 bits per heavy atom. The van der Waals surface area contributed by atoms with Crippen LogP contribution >= 0.6 is 0 Å². The molecule has 31 heavy (non-hydrogen) atoms. The van der Waals surface area contributed by atoms with E-state index in [0.29, 0.717) is 44.8 Å². The highest BCUT2D eigenvalue weighted by molar-refractivity contribution is 7.90. The van der Waals surface area contributed by atoms with E-state index >= 15 is 0 Å². The van der Waals surface area contributed by atoms with E-state index < -0.39 is 26.5 Å². The average molecular weight is 457 g/mol. The van der Waals surface area contributed by atoms with Crippen LogP contribution in [-0.4, -0.2) is 50.7 Å². The molecular formula is C20H22F3N3O4S. The second-order valence-electron chi connectivity index (χ2n) is 7.49. The van der Waals surface area contributed by atoms with Gasteiger partial charge in [0.2, 0.25) is 0 Å². The molecule has 0 aliphatic carbocycles. The maximum atomic E-state index is 12.7. The first-order valence-electron chi connectivity index (χ1n) is 9.57. The fraction of sp³-hybridized carbons (Fsp3) is 0.400. The van der Waals surface area contributed by atoms with Crippen LogP contribution in [0.1, 0.15) is 17.5 Å². The van der Waals surface area contributed by atoms with Crippen molar-refractivity contribution in [2.24, 2.45) is 0 Å². The summed E-state index contributed by atoms with van der Waals surface area (Å²) < 4.78 is 61.6. The van der Waals surface area contributed by atoms with E-state index in [-0.39, 0.29) is 10.6 Å². The first-order valence-corrected chi connectivity index (χ1v) is 11.5. The van der Waals surface area contributed by atoms with Gasteiger partial charge in [0.25, 0.3) is 5.69 Å². The van der Waals surface area contributed by atoms with Crippen molar-refractivity contribution in [2.75, 3.05) is 37.3 Å². The summed E-state index contributed by atoms with van der Waals surface area (Å²) in [4.78, 5) is 14.8. The molecule has 0 atom stereocenters. The number of hydrogen-bond donors (Lipinski definition) is 0. The van der Waals surface area contributed by atoms with E-state index in [0.717, 1.165) is 30.0 Å². The minimum Gasteiger partial charge on any atom is -0.365 e. The zero-order valence-electron chi connectivity index (χ0n) is 16.8. The Bertz CT molecular complexity index is 1060. The first-order chi connectivity index (χ1) is 14.4. The predicted molar refractivity (Wildman–Crippen MR) is 110 cm³/mol. The van der Waals surface area contributed by atoms with Gasteiger partial charge in [-0.25, -0.2) is 8.42 Å². The van der Waals surface area contributed by atoms with Crippen LogP contribution < -0.4 is 4.90 Å². The lowest BCUT2D eigenvalue weighted by Gasteiger charge is -2.23. The lowest BCUT2D eigenvalue weighted by molar-refractivity contribution is -0.384. The number of alkyl halides is 3. The van der Waals surface area contributed by atoms with E-state index in [1.165, 1.54) is 24.3 Å². The molecule has 11 heteroatoms. The molecule has 0 unspecified atom stereocenters. The standard InChI is InChI=1S/C20H22F3N3O4S/c1-31(29,30)17-7-8-18(19(13-17)26(27)28)25-10-2-9-24(11-12-25)14-15-3-5-16(6-4-15)20(21,22)23/h3-8,13H,2,9-12,14H2,1H3. The molecule has 0 aromatic heterocycles. The van der Waals surface area contributed by atoms with E-state index in [4.69, 9.17) is 0 Å². The topological polar surface area (TPSA) is 83.8 Å². The van der Waals surface area contributed by atoms with Crippen LogP contribution in [0.3, 0.4) is 0 Å². The highest BCUT2D eigenvalue weighted by atomic mass is 32.2. The number of nitrogens with zero attached hydrogens (tertiary/aromatic N) is 3. The van der Waals surface area contributed by atoms with Crippen molar-refractivity contribution in [2.45, 2.75) is 24.0 Å². The molecular weight excluding hydrogens is 435 g/mol. The maximum Gasteiger partial charge on any atom is 0.416 e. The van der Waals surface area contributed by atoms with Gasteiger partial charge in [0.05, 0.1) is 15.4 Å². The zero-order valence-corrected chi connectivity index (χ0v) is 17.6. The molecule has 0 saturated carbocycles. The van der Waals surface area contributed by atoms with Gasteiger partial charge in [0.1, 0.15) is 5.69 Å². The van der Waals surface area contributed by atoms with Crippen LogP contribution in [0.2, 0.25) is 0 Å². The summed E-state index contributed by atoms with van der Waals surface area (Å²) in [5.41, 5.74) is 0.154. The van der Waals surface area contributed by atoms with Crippen molar-refractivity contribution >= 4 is 21.2 Å². The lowest BCUT2D eigenvalue weighted by Crippen LogP contribution is -2.30. The first kappa shape index (κ1) is 23.0. The summed E-state index contributed by atoms with van der Waals surface area (Å²) in [5, 5.41) is 11.5. The summed E-state index contributed by atoms with van der Waals surface area (Å²) in [6, 6.07) is 8.94. The molecule has 2 aromatic carbocycles. The zero-order chi connectivity index (χ0) is 22.8. The lowest BCUT2D eigenvalue weighted by atomic mass is 10.1. The van der Waals surface area contributed by atoms with Crippen LogP contribution in [0.4, 0.5) is 24.5 Å². The number of nitro benzene ring substituents is 1. The van der Waals surface area contributed by atoms with Crippen LogP contribution in [0.15, 0.2) is 47.4 Å².